The van der Waals surface area contributed by atoms with Gasteiger partial charge < -0.3 is 4.52 Å². The van der Waals surface area contributed by atoms with Gasteiger partial charge in [0.1, 0.15) is 0 Å². The molecule has 134 valence electrons. The van der Waals surface area contributed by atoms with Gasteiger partial charge in [-0.1, -0.05) is 22.8 Å². The summed E-state index contributed by atoms with van der Waals surface area (Å²) in [6.45, 7) is 2.44. The molecule has 4 rings (SSSR count). The number of aryl methyl sites for hydroxylation is 1. The average molecular weight is 391 g/mol. The number of aromatic nitrogens is 3. The Balaban J connectivity index is 1.48. The monoisotopic (exact) mass is 390 g/mol. The highest BCUT2D eigenvalue weighted by Crippen LogP contribution is 2.32. The van der Waals surface area contributed by atoms with Gasteiger partial charge in [0.05, 0.1) is 16.4 Å². The van der Waals surface area contributed by atoms with Crippen molar-refractivity contribution in [3.63, 3.8) is 0 Å². The first-order chi connectivity index (χ1) is 12.4. The molecule has 0 atom stereocenters. The first kappa shape index (κ1) is 17.1. The van der Waals surface area contributed by atoms with Crippen LogP contribution in [0.3, 0.4) is 0 Å². The number of halogens is 1. The molecular formula is C17H15ClN4O3S. The third kappa shape index (κ3) is 3.00. The lowest BCUT2D eigenvalue weighted by Gasteiger charge is -2.36. The number of hydrogen-bond donors (Lipinski definition) is 0. The van der Waals surface area contributed by atoms with Crippen molar-refractivity contribution in [3.8, 4) is 11.5 Å². The summed E-state index contributed by atoms with van der Waals surface area (Å²) in [4.78, 5) is 8.56. The largest absolute Gasteiger partial charge is 0.334 e. The van der Waals surface area contributed by atoms with E-state index in [-0.39, 0.29) is 10.8 Å². The number of nitrogens with zero attached hydrogens (tertiary/aromatic N) is 4. The highest BCUT2D eigenvalue weighted by Gasteiger charge is 2.40. The van der Waals surface area contributed by atoms with Gasteiger partial charge in [0.25, 0.3) is 5.89 Å². The predicted octanol–water partition coefficient (Wildman–Crippen LogP) is 2.88. The van der Waals surface area contributed by atoms with E-state index in [1.807, 2.05) is 13.0 Å². The van der Waals surface area contributed by atoms with E-state index in [0.29, 0.717) is 29.8 Å². The van der Waals surface area contributed by atoms with Crippen molar-refractivity contribution >= 4 is 21.6 Å². The number of benzene rings is 1. The molecule has 9 heteroatoms. The van der Waals surface area contributed by atoms with E-state index < -0.39 is 10.0 Å². The second-order valence-electron chi connectivity index (χ2n) is 6.13. The SMILES string of the molecule is Cc1ccc(S(=O)(=O)N2CC(c3noc(-c4cccnc4)n3)C2)cc1Cl. The van der Waals surface area contributed by atoms with E-state index >= 15 is 0 Å². The summed E-state index contributed by atoms with van der Waals surface area (Å²) in [6.07, 6.45) is 3.29. The van der Waals surface area contributed by atoms with Crippen molar-refractivity contribution in [2.45, 2.75) is 17.7 Å². The molecule has 7 nitrogen and oxygen atoms in total. The number of hydrogen-bond acceptors (Lipinski definition) is 6. The summed E-state index contributed by atoms with van der Waals surface area (Å²) in [6, 6.07) is 8.35. The van der Waals surface area contributed by atoms with Crippen LogP contribution >= 0.6 is 11.6 Å². The van der Waals surface area contributed by atoms with Crippen LogP contribution in [-0.2, 0) is 10.0 Å². The molecule has 0 N–H and O–H groups in total. The minimum atomic E-state index is -3.58. The van der Waals surface area contributed by atoms with Crippen LogP contribution in [0.25, 0.3) is 11.5 Å². The molecule has 0 spiro atoms. The standard InChI is InChI=1S/C17H15ClN4O3S/c1-11-4-5-14(7-15(11)18)26(23,24)22-9-13(10-22)16-20-17(25-21-16)12-3-2-6-19-8-12/h2-8,13H,9-10H2,1H3. The first-order valence-corrected chi connectivity index (χ1v) is 9.77. The van der Waals surface area contributed by atoms with Crippen LogP contribution in [-0.4, -0.2) is 40.9 Å². The molecule has 0 bridgehead atoms. The Hall–Kier alpha value is -2.29. The van der Waals surface area contributed by atoms with Crippen molar-refractivity contribution in [1.82, 2.24) is 19.4 Å². The Bertz CT molecular complexity index is 1050. The maximum atomic E-state index is 12.7. The summed E-state index contributed by atoms with van der Waals surface area (Å²) in [5, 5.41) is 4.41. The van der Waals surface area contributed by atoms with Gasteiger partial charge in [0.2, 0.25) is 10.0 Å². The van der Waals surface area contributed by atoms with Crippen molar-refractivity contribution in [3.05, 3.63) is 59.1 Å². The maximum Gasteiger partial charge on any atom is 0.259 e. The minimum Gasteiger partial charge on any atom is -0.334 e. The van der Waals surface area contributed by atoms with E-state index in [4.69, 9.17) is 16.1 Å². The fourth-order valence-electron chi connectivity index (χ4n) is 2.69. The van der Waals surface area contributed by atoms with Crippen LogP contribution < -0.4 is 0 Å². The molecule has 0 aliphatic carbocycles. The van der Waals surface area contributed by atoms with Crippen LogP contribution in [0.2, 0.25) is 5.02 Å². The molecule has 0 saturated carbocycles. The molecule has 2 aromatic heterocycles. The third-order valence-corrected chi connectivity index (χ3v) is 6.58. The Morgan fingerprint density at radius 3 is 2.77 bits per heavy atom. The van der Waals surface area contributed by atoms with E-state index in [0.717, 1.165) is 11.1 Å². The van der Waals surface area contributed by atoms with Gasteiger partial charge in [-0.05, 0) is 36.8 Å². The zero-order valence-electron chi connectivity index (χ0n) is 13.8. The number of pyridine rings is 1. The lowest BCUT2D eigenvalue weighted by atomic mass is 10.0. The Morgan fingerprint density at radius 2 is 2.08 bits per heavy atom. The molecule has 1 saturated heterocycles. The second-order valence-corrected chi connectivity index (χ2v) is 8.47. The molecule has 1 fully saturated rings. The van der Waals surface area contributed by atoms with Crippen LogP contribution in [0.4, 0.5) is 0 Å². The van der Waals surface area contributed by atoms with E-state index in [2.05, 4.69) is 15.1 Å². The zero-order valence-corrected chi connectivity index (χ0v) is 15.4. The lowest BCUT2D eigenvalue weighted by Crippen LogP contribution is -2.48. The van der Waals surface area contributed by atoms with Gasteiger partial charge >= 0.3 is 0 Å². The number of rotatable bonds is 4. The summed E-state index contributed by atoms with van der Waals surface area (Å²) in [7, 11) is -3.58. The second kappa shape index (κ2) is 6.46. The average Bonchev–Trinajstić information content (AvgIpc) is 3.06. The molecular weight excluding hydrogens is 376 g/mol. The topological polar surface area (TPSA) is 89.2 Å². The molecule has 0 amide bonds. The summed E-state index contributed by atoms with van der Waals surface area (Å²) >= 11 is 6.05. The van der Waals surface area contributed by atoms with Crippen molar-refractivity contribution in [2.75, 3.05) is 13.1 Å². The van der Waals surface area contributed by atoms with E-state index in [1.165, 1.54) is 10.4 Å². The van der Waals surface area contributed by atoms with Crippen LogP contribution in [0.15, 0.2) is 52.1 Å². The van der Waals surface area contributed by atoms with Crippen molar-refractivity contribution in [1.29, 1.82) is 0 Å². The molecule has 1 aromatic carbocycles. The van der Waals surface area contributed by atoms with Gasteiger partial charge in [0, 0.05) is 30.5 Å². The normalized spacial score (nSPS) is 15.8. The summed E-state index contributed by atoms with van der Waals surface area (Å²) in [5.74, 6) is 0.775. The fraction of sp³-hybridized carbons (Fsp3) is 0.235. The highest BCUT2D eigenvalue weighted by molar-refractivity contribution is 7.89. The Morgan fingerprint density at radius 1 is 1.27 bits per heavy atom. The maximum absolute atomic E-state index is 12.7. The van der Waals surface area contributed by atoms with Crippen molar-refractivity contribution in [2.24, 2.45) is 0 Å². The Labute approximate surface area is 155 Å². The minimum absolute atomic E-state index is 0.0973. The van der Waals surface area contributed by atoms with Gasteiger partial charge in [-0.3, -0.25) is 4.98 Å². The summed E-state index contributed by atoms with van der Waals surface area (Å²) < 4.78 is 32.0. The predicted molar refractivity (Wildman–Crippen MR) is 95.2 cm³/mol. The Kier molecular flexibility index (Phi) is 4.26. The quantitative estimate of drug-likeness (QED) is 0.680. The molecule has 26 heavy (non-hydrogen) atoms. The highest BCUT2D eigenvalue weighted by atomic mass is 35.5. The van der Waals surface area contributed by atoms with E-state index in [1.54, 1.807) is 30.6 Å². The van der Waals surface area contributed by atoms with E-state index in [9.17, 15) is 8.42 Å². The molecule has 1 aliphatic heterocycles. The zero-order chi connectivity index (χ0) is 18.3. The molecule has 0 radical (unpaired) electrons. The van der Waals surface area contributed by atoms with Crippen LogP contribution in [0, 0.1) is 6.92 Å². The van der Waals surface area contributed by atoms with Gasteiger partial charge in [-0.15, -0.1) is 0 Å². The van der Waals surface area contributed by atoms with Gasteiger partial charge in [0.15, 0.2) is 5.82 Å². The molecule has 0 unspecified atom stereocenters. The molecule has 3 aromatic rings. The third-order valence-electron chi connectivity index (χ3n) is 4.34. The van der Waals surface area contributed by atoms with Crippen LogP contribution in [0.1, 0.15) is 17.3 Å². The first-order valence-electron chi connectivity index (χ1n) is 7.95. The lowest BCUT2D eigenvalue weighted by molar-refractivity contribution is 0.250. The van der Waals surface area contributed by atoms with Gasteiger partial charge in [-0.2, -0.15) is 9.29 Å². The van der Waals surface area contributed by atoms with Gasteiger partial charge in [-0.25, -0.2) is 8.42 Å². The molecule has 1 aliphatic rings. The smallest absolute Gasteiger partial charge is 0.259 e. The van der Waals surface area contributed by atoms with Crippen LogP contribution in [0.5, 0.6) is 0 Å². The fourth-order valence-corrected chi connectivity index (χ4v) is 4.49. The summed E-state index contributed by atoms with van der Waals surface area (Å²) in [5.41, 5.74) is 1.56. The van der Waals surface area contributed by atoms with Crippen molar-refractivity contribution < 1.29 is 12.9 Å². The number of sulfonamides is 1. The molecule has 3 heterocycles.